The van der Waals surface area contributed by atoms with E-state index in [1.54, 1.807) is 7.05 Å². The number of carbonyl (C=O) groups is 1. The second-order valence-corrected chi connectivity index (χ2v) is 7.18. The molecule has 0 fully saturated rings. The normalized spacial score (nSPS) is 11.0. The Labute approximate surface area is 170 Å². The molecule has 1 amide bonds. The molecule has 4 rings (SSSR count). The highest BCUT2D eigenvalue weighted by Gasteiger charge is 2.18. The minimum absolute atomic E-state index is 0.114. The second-order valence-electron chi connectivity index (χ2n) is 7.18. The minimum atomic E-state index is -0.114. The molecule has 0 aliphatic rings. The molecule has 0 bridgehead atoms. The average Bonchev–Trinajstić information content (AvgIpc) is 3.10. The van der Waals surface area contributed by atoms with Crippen LogP contribution in [0.5, 0.6) is 0 Å². The largest absolute Gasteiger partial charge is 0.355 e. The number of carbonyl (C=O) groups excluding carboxylic acids is 1. The van der Waals surface area contributed by atoms with Crippen LogP contribution in [0, 0.1) is 13.8 Å². The summed E-state index contributed by atoms with van der Waals surface area (Å²) in [6.07, 6.45) is 1.82. The van der Waals surface area contributed by atoms with E-state index in [1.807, 2.05) is 30.5 Å². The van der Waals surface area contributed by atoms with Crippen LogP contribution in [0.25, 0.3) is 33.7 Å². The van der Waals surface area contributed by atoms with Gasteiger partial charge in [0.15, 0.2) is 0 Å². The fourth-order valence-corrected chi connectivity index (χ4v) is 3.82. The van der Waals surface area contributed by atoms with E-state index in [0.29, 0.717) is 5.56 Å². The van der Waals surface area contributed by atoms with Crippen molar-refractivity contribution in [1.29, 1.82) is 0 Å². The Balaban J connectivity index is 1.94. The molecule has 2 aromatic heterocycles. The highest BCUT2D eigenvalue weighted by atomic mass is 16.1. The van der Waals surface area contributed by atoms with E-state index in [-0.39, 0.29) is 5.91 Å². The second kappa shape index (κ2) is 7.51. The molecule has 2 aromatic carbocycles. The Morgan fingerprint density at radius 3 is 2.62 bits per heavy atom. The quantitative estimate of drug-likeness (QED) is 0.552. The Morgan fingerprint density at radius 2 is 1.90 bits per heavy atom. The van der Waals surface area contributed by atoms with Crippen LogP contribution in [0.1, 0.15) is 28.4 Å². The summed E-state index contributed by atoms with van der Waals surface area (Å²) in [7, 11) is 1.63. The van der Waals surface area contributed by atoms with Gasteiger partial charge in [-0.2, -0.15) is 0 Å². The van der Waals surface area contributed by atoms with Crippen molar-refractivity contribution < 1.29 is 4.79 Å². The Hall–Kier alpha value is -3.47. The van der Waals surface area contributed by atoms with Gasteiger partial charge < -0.3 is 9.88 Å². The number of benzene rings is 2. The molecular weight excluding hydrogens is 360 g/mol. The van der Waals surface area contributed by atoms with Crippen molar-refractivity contribution in [3.8, 4) is 22.6 Å². The number of imidazole rings is 1. The number of pyridine rings is 1. The molecule has 0 aliphatic heterocycles. The molecule has 29 heavy (non-hydrogen) atoms. The van der Waals surface area contributed by atoms with Crippen LogP contribution in [-0.4, -0.2) is 27.5 Å². The van der Waals surface area contributed by atoms with Gasteiger partial charge in [-0.3, -0.25) is 9.78 Å². The maximum atomic E-state index is 12.0. The molecule has 0 unspecified atom stereocenters. The zero-order valence-corrected chi connectivity index (χ0v) is 17.2. The van der Waals surface area contributed by atoms with Gasteiger partial charge in [-0.1, -0.05) is 23.8 Å². The van der Waals surface area contributed by atoms with Gasteiger partial charge in [0.1, 0.15) is 5.82 Å². The number of nitrogens with zero attached hydrogens (tertiary/aromatic N) is 3. The topological polar surface area (TPSA) is 59.8 Å². The summed E-state index contributed by atoms with van der Waals surface area (Å²) in [6.45, 7) is 7.08. The molecule has 5 nitrogen and oxygen atoms in total. The van der Waals surface area contributed by atoms with E-state index < -0.39 is 0 Å². The zero-order chi connectivity index (χ0) is 20.5. The van der Waals surface area contributed by atoms with Gasteiger partial charge in [0, 0.05) is 36.5 Å². The monoisotopic (exact) mass is 384 g/mol. The van der Waals surface area contributed by atoms with E-state index in [9.17, 15) is 4.79 Å². The number of nitrogens with one attached hydrogen (secondary N) is 1. The standard InChI is InChI=1S/C24H24N4O/c1-5-28-21-11-9-17(24(29)25-4)14-20(21)27-23(28)19-7-6-12-26-22(19)18-10-8-15(2)13-16(18)3/h6-14H,5H2,1-4H3,(H,25,29). The first-order valence-electron chi connectivity index (χ1n) is 9.79. The first kappa shape index (κ1) is 18.9. The maximum absolute atomic E-state index is 12.0. The highest BCUT2D eigenvalue weighted by Crippen LogP contribution is 2.34. The molecule has 146 valence electrons. The van der Waals surface area contributed by atoms with Gasteiger partial charge in [-0.05, 0) is 56.7 Å². The summed E-state index contributed by atoms with van der Waals surface area (Å²) in [5.41, 5.74) is 7.84. The van der Waals surface area contributed by atoms with Crippen molar-refractivity contribution in [3.63, 3.8) is 0 Å². The summed E-state index contributed by atoms with van der Waals surface area (Å²) in [5, 5.41) is 2.67. The smallest absolute Gasteiger partial charge is 0.251 e. The molecule has 5 heteroatoms. The van der Waals surface area contributed by atoms with E-state index in [2.05, 4.69) is 54.9 Å². The summed E-state index contributed by atoms with van der Waals surface area (Å²) in [4.78, 5) is 21.6. The van der Waals surface area contributed by atoms with Crippen molar-refractivity contribution in [1.82, 2.24) is 19.9 Å². The van der Waals surface area contributed by atoms with Crippen molar-refractivity contribution in [3.05, 3.63) is 71.4 Å². The third-order valence-electron chi connectivity index (χ3n) is 5.24. The molecule has 0 atom stereocenters. The van der Waals surface area contributed by atoms with Gasteiger partial charge in [-0.25, -0.2) is 4.98 Å². The number of rotatable bonds is 4. The third kappa shape index (κ3) is 3.29. The predicted octanol–water partition coefficient (Wildman–Crippen LogP) is 4.76. The van der Waals surface area contributed by atoms with Gasteiger partial charge in [0.25, 0.3) is 5.91 Å². The summed E-state index contributed by atoms with van der Waals surface area (Å²) in [5.74, 6) is 0.747. The number of amides is 1. The van der Waals surface area contributed by atoms with E-state index in [4.69, 9.17) is 9.97 Å². The minimum Gasteiger partial charge on any atom is -0.355 e. The average molecular weight is 384 g/mol. The number of aromatic nitrogens is 3. The third-order valence-corrected chi connectivity index (χ3v) is 5.24. The van der Waals surface area contributed by atoms with Crippen LogP contribution < -0.4 is 5.32 Å². The zero-order valence-electron chi connectivity index (χ0n) is 17.2. The van der Waals surface area contributed by atoms with Gasteiger partial charge in [-0.15, -0.1) is 0 Å². The Morgan fingerprint density at radius 1 is 1.07 bits per heavy atom. The molecule has 0 spiro atoms. The first-order valence-corrected chi connectivity index (χ1v) is 9.79. The van der Waals surface area contributed by atoms with Gasteiger partial charge >= 0.3 is 0 Å². The molecule has 0 saturated carbocycles. The Kier molecular flexibility index (Phi) is 4.89. The van der Waals surface area contributed by atoms with Crippen molar-refractivity contribution in [2.24, 2.45) is 0 Å². The van der Waals surface area contributed by atoms with Crippen LogP contribution in [0.3, 0.4) is 0 Å². The predicted molar refractivity (Wildman–Crippen MR) is 117 cm³/mol. The molecule has 4 aromatic rings. The first-order chi connectivity index (χ1) is 14.0. The van der Waals surface area contributed by atoms with Crippen LogP contribution in [0.15, 0.2) is 54.7 Å². The summed E-state index contributed by atoms with van der Waals surface area (Å²) in [6, 6.07) is 16.1. The molecule has 0 aliphatic carbocycles. The van der Waals surface area contributed by atoms with Gasteiger partial charge in [0.2, 0.25) is 0 Å². The van der Waals surface area contributed by atoms with Crippen LogP contribution in [-0.2, 0) is 6.54 Å². The lowest BCUT2D eigenvalue weighted by atomic mass is 9.99. The van der Waals surface area contributed by atoms with Crippen LogP contribution >= 0.6 is 0 Å². The lowest BCUT2D eigenvalue weighted by molar-refractivity contribution is 0.0963. The summed E-state index contributed by atoms with van der Waals surface area (Å²) < 4.78 is 2.17. The van der Waals surface area contributed by atoms with E-state index >= 15 is 0 Å². The van der Waals surface area contributed by atoms with Gasteiger partial charge in [0.05, 0.1) is 16.7 Å². The molecule has 1 N–H and O–H groups in total. The molecule has 0 radical (unpaired) electrons. The fraction of sp³-hybridized carbons (Fsp3) is 0.208. The molecule has 2 heterocycles. The van der Waals surface area contributed by atoms with Crippen molar-refractivity contribution >= 4 is 16.9 Å². The number of hydrogen-bond donors (Lipinski definition) is 1. The van der Waals surface area contributed by atoms with E-state index in [0.717, 1.165) is 40.2 Å². The van der Waals surface area contributed by atoms with Crippen molar-refractivity contribution in [2.45, 2.75) is 27.3 Å². The highest BCUT2D eigenvalue weighted by molar-refractivity contribution is 5.98. The SMILES string of the molecule is CCn1c(-c2cccnc2-c2ccc(C)cc2C)nc2cc(C(=O)NC)ccc21. The lowest BCUT2D eigenvalue weighted by Gasteiger charge is -2.12. The number of hydrogen-bond acceptors (Lipinski definition) is 3. The van der Waals surface area contributed by atoms with E-state index in [1.165, 1.54) is 11.1 Å². The number of aryl methyl sites for hydroxylation is 3. The molecule has 0 saturated heterocycles. The molecular formula is C24H24N4O. The van der Waals surface area contributed by atoms with Crippen LogP contribution in [0.4, 0.5) is 0 Å². The lowest BCUT2D eigenvalue weighted by Crippen LogP contribution is -2.17. The number of fused-ring (bicyclic) bond motifs is 1. The Bertz CT molecular complexity index is 1220. The van der Waals surface area contributed by atoms with Crippen molar-refractivity contribution in [2.75, 3.05) is 7.05 Å². The summed E-state index contributed by atoms with van der Waals surface area (Å²) >= 11 is 0. The maximum Gasteiger partial charge on any atom is 0.251 e. The van der Waals surface area contributed by atoms with Crippen LogP contribution in [0.2, 0.25) is 0 Å². The fourth-order valence-electron chi connectivity index (χ4n) is 3.82.